The lowest BCUT2D eigenvalue weighted by molar-refractivity contribution is -0.140. The van der Waals surface area contributed by atoms with Crippen LogP contribution < -0.4 is 10.1 Å². The third-order valence-corrected chi connectivity index (χ3v) is 6.10. The van der Waals surface area contributed by atoms with Crippen molar-refractivity contribution in [2.75, 3.05) is 0 Å². The van der Waals surface area contributed by atoms with E-state index in [1.807, 2.05) is 0 Å². The Balaban J connectivity index is 2.17. The standard InChI is InChI=1S/C23H23NO10/c1-8-18(29)16(10(3)25)20-17(19(8)30)23(4)13(34-20)7-12(26)15(21(23)31)9(2)24-11(22(32)33)5-6-14(27)28/h7,11,24,29-30H,5-6H2,1-4H3,(H,27,28)(H,32,33)/b15-9-/t11-,23-/m0/s1. The molecule has 1 aliphatic carbocycles. The zero-order valence-corrected chi connectivity index (χ0v) is 18.8. The minimum absolute atomic E-state index is 0.0558. The van der Waals surface area contributed by atoms with Crippen molar-refractivity contribution in [2.24, 2.45) is 0 Å². The number of aromatic hydroxyl groups is 2. The van der Waals surface area contributed by atoms with Crippen LogP contribution in [0.15, 0.2) is 23.1 Å². The largest absolute Gasteiger partial charge is 0.507 e. The predicted molar refractivity (Wildman–Crippen MR) is 115 cm³/mol. The fourth-order valence-electron chi connectivity index (χ4n) is 4.22. The molecule has 1 heterocycles. The van der Waals surface area contributed by atoms with Crippen LogP contribution in [0.3, 0.4) is 0 Å². The highest BCUT2D eigenvalue weighted by molar-refractivity contribution is 6.31. The molecule has 11 nitrogen and oxygen atoms in total. The van der Waals surface area contributed by atoms with Crippen molar-refractivity contribution in [3.05, 3.63) is 39.8 Å². The number of aliphatic carboxylic acids is 2. The maximum absolute atomic E-state index is 13.7. The summed E-state index contributed by atoms with van der Waals surface area (Å²) >= 11 is 0. The molecule has 34 heavy (non-hydrogen) atoms. The Morgan fingerprint density at radius 2 is 1.74 bits per heavy atom. The smallest absolute Gasteiger partial charge is 0.326 e. The number of fused-ring (bicyclic) bond motifs is 3. The molecule has 11 heteroatoms. The Labute approximate surface area is 193 Å². The van der Waals surface area contributed by atoms with Crippen LogP contribution in [-0.2, 0) is 24.6 Å². The summed E-state index contributed by atoms with van der Waals surface area (Å²) in [4.78, 5) is 61.1. The summed E-state index contributed by atoms with van der Waals surface area (Å²) in [6.07, 6.45) is 0.246. The number of phenols is 2. The molecule has 0 amide bonds. The van der Waals surface area contributed by atoms with E-state index in [1.54, 1.807) is 0 Å². The van der Waals surface area contributed by atoms with Crippen molar-refractivity contribution in [3.63, 3.8) is 0 Å². The van der Waals surface area contributed by atoms with E-state index in [4.69, 9.17) is 9.84 Å². The maximum atomic E-state index is 13.7. The van der Waals surface area contributed by atoms with E-state index >= 15 is 0 Å². The van der Waals surface area contributed by atoms with Gasteiger partial charge in [-0.25, -0.2) is 4.79 Å². The molecular formula is C23H23NO10. The molecular weight excluding hydrogens is 450 g/mol. The van der Waals surface area contributed by atoms with Crippen molar-refractivity contribution in [1.29, 1.82) is 0 Å². The number of Topliss-reactive ketones (excluding diaryl/α,β-unsaturated/α-hetero) is 2. The van der Waals surface area contributed by atoms with Crippen molar-refractivity contribution < 1.29 is 49.1 Å². The van der Waals surface area contributed by atoms with Gasteiger partial charge >= 0.3 is 11.9 Å². The number of carbonyl (C=O) groups is 5. The fourth-order valence-corrected chi connectivity index (χ4v) is 4.22. The van der Waals surface area contributed by atoms with Crippen molar-refractivity contribution >= 4 is 29.3 Å². The van der Waals surface area contributed by atoms with Gasteiger partial charge in [0.15, 0.2) is 17.3 Å². The summed E-state index contributed by atoms with van der Waals surface area (Å²) in [7, 11) is 0. The number of ether oxygens (including phenoxy) is 1. The Bertz CT molecular complexity index is 1240. The number of carbonyl (C=O) groups excluding carboxylic acids is 3. The summed E-state index contributed by atoms with van der Waals surface area (Å²) in [5.74, 6) is -6.18. The molecule has 1 aromatic carbocycles. The Hall–Kier alpha value is -4.15. The SMILES string of the molecule is CC(=O)c1c(O)c(C)c(O)c2c1OC1=CC(=O)/C(=C(\C)N[C@@H](CCC(=O)O)C(=O)O)C(=O)[C@@]12C. The number of benzene rings is 1. The number of carboxylic acids is 2. The van der Waals surface area contributed by atoms with Crippen LogP contribution in [0, 0.1) is 6.92 Å². The molecule has 5 N–H and O–H groups in total. The average Bonchev–Trinajstić information content (AvgIpc) is 3.02. The second-order valence-corrected chi connectivity index (χ2v) is 8.35. The zero-order valence-electron chi connectivity index (χ0n) is 18.8. The Morgan fingerprint density at radius 3 is 2.26 bits per heavy atom. The van der Waals surface area contributed by atoms with E-state index in [9.17, 15) is 39.3 Å². The molecule has 0 saturated heterocycles. The molecule has 2 atom stereocenters. The van der Waals surface area contributed by atoms with Gasteiger partial charge in [0.05, 0.1) is 11.1 Å². The summed E-state index contributed by atoms with van der Waals surface area (Å²) < 4.78 is 5.65. The molecule has 0 spiro atoms. The molecule has 0 unspecified atom stereocenters. The summed E-state index contributed by atoms with van der Waals surface area (Å²) in [6, 6.07) is -1.38. The predicted octanol–water partition coefficient (Wildman–Crippen LogP) is 1.48. The summed E-state index contributed by atoms with van der Waals surface area (Å²) in [5, 5.41) is 41.9. The van der Waals surface area contributed by atoms with Crippen LogP contribution in [0.4, 0.5) is 0 Å². The van der Waals surface area contributed by atoms with Gasteiger partial charge in [0, 0.05) is 23.8 Å². The molecule has 0 radical (unpaired) electrons. The van der Waals surface area contributed by atoms with Crippen LogP contribution in [0.2, 0.25) is 0 Å². The number of rotatable bonds is 7. The monoisotopic (exact) mass is 473 g/mol. The van der Waals surface area contributed by atoms with Gasteiger partial charge in [-0.05, 0) is 34.1 Å². The van der Waals surface area contributed by atoms with E-state index in [0.29, 0.717) is 0 Å². The van der Waals surface area contributed by atoms with Crippen LogP contribution in [-0.4, -0.2) is 55.8 Å². The van der Waals surface area contributed by atoms with E-state index < -0.39 is 64.2 Å². The second kappa shape index (κ2) is 8.32. The van der Waals surface area contributed by atoms with Crippen LogP contribution in [0.25, 0.3) is 0 Å². The van der Waals surface area contributed by atoms with Gasteiger partial charge < -0.3 is 30.5 Å². The molecule has 0 fully saturated rings. The number of hydrogen-bond acceptors (Lipinski definition) is 9. The third-order valence-electron chi connectivity index (χ3n) is 6.10. The number of phenolic OH excluding ortho intramolecular Hbond substituents is 2. The number of hydrogen-bond donors (Lipinski definition) is 5. The lowest BCUT2D eigenvalue weighted by Crippen LogP contribution is -2.43. The Kier molecular flexibility index (Phi) is 6.00. The van der Waals surface area contributed by atoms with Gasteiger partial charge in [-0.3, -0.25) is 19.2 Å². The fraction of sp³-hybridized carbons (Fsp3) is 0.348. The summed E-state index contributed by atoms with van der Waals surface area (Å²) in [6.45, 7) is 5.21. The van der Waals surface area contributed by atoms with E-state index in [0.717, 1.165) is 6.08 Å². The van der Waals surface area contributed by atoms with Crippen molar-refractivity contribution in [3.8, 4) is 17.2 Å². The number of allylic oxidation sites excluding steroid dienone is 4. The quantitative estimate of drug-likeness (QED) is 0.219. The third kappa shape index (κ3) is 3.58. The van der Waals surface area contributed by atoms with Gasteiger partial charge in [-0.2, -0.15) is 0 Å². The lowest BCUT2D eigenvalue weighted by Gasteiger charge is -2.29. The molecule has 3 rings (SSSR count). The van der Waals surface area contributed by atoms with Crippen LogP contribution >= 0.6 is 0 Å². The van der Waals surface area contributed by atoms with Crippen molar-refractivity contribution in [1.82, 2.24) is 5.32 Å². The molecule has 1 aromatic rings. The van der Waals surface area contributed by atoms with Gasteiger partial charge in [0.1, 0.15) is 40.0 Å². The summed E-state index contributed by atoms with van der Waals surface area (Å²) in [5.41, 5.74) is -2.64. The Morgan fingerprint density at radius 1 is 1.12 bits per heavy atom. The second-order valence-electron chi connectivity index (χ2n) is 8.35. The van der Waals surface area contributed by atoms with E-state index in [2.05, 4.69) is 5.32 Å². The molecule has 1 aliphatic heterocycles. The average molecular weight is 473 g/mol. The van der Waals surface area contributed by atoms with Gasteiger partial charge in [0.25, 0.3) is 0 Å². The maximum Gasteiger partial charge on any atom is 0.326 e. The highest BCUT2D eigenvalue weighted by Gasteiger charge is 2.56. The minimum Gasteiger partial charge on any atom is -0.507 e. The molecule has 0 bridgehead atoms. The number of ketones is 3. The van der Waals surface area contributed by atoms with E-state index in [-0.39, 0.29) is 40.3 Å². The first-order chi connectivity index (χ1) is 15.7. The first-order valence-corrected chi connectivity index (χ1v) is 10.2. The molecule has 0 saturated carbocycles. The van der Waals surface area contributed by atoms with Crippen LogP contribution in [0.5, 0.6) is 17.2 Å². The molecule has 2 aliphatic rings. The van der Waals surface area contributed by atoms with Gasteiger partial charge in [-0.15, -0.1) is 0 Å². The van der Waals surface area contributed by atoms with Crippen molar-refractivity contribution in [2.45, 2.75) is 52.0 Å². The van der Waals surface area contributed by atoms with Crippen LogP contribution in [0.1, 0.15) is 55.1 Å². The lowest BCUT2D eigenvalue weighted by atomic mass is 9.70. The van der Waals surface area contributed by atoms with E-state index in [1.165, 1.54) is 27.7 Å². The van der Waals surface area contributed by atoms with Gasteiger partial charge in [-0.1, -0.05) is 0 Å². The first kappa shape index (κ1) is 24.5. The highest BCUT2D eigenvalue weighted by Crippen LogP contribution is 2.57. The first-order valence-electron chi connectivity index (χ1n) is 10.2. The highest BCUT2D eigenvalue weighted by atomic mass is 16.5. The topological polar surface area (TPSA) is 188 Å². The van der Waals surface area contributed by atoms with Gasteiger partial charge in [0.2, 0.25) is 0 Å². The number of carboxylic acid groups (broad SMARTS) is 2. The normalized spacial score (nSPS) is 21.1. The zero-order chi connectivity index (χ0) is 25.7. The minimum atomic E-state index is -1.74. The molecule has 180 valence electrons. The molecule has 0 aromatic heterocycles. The number of nitrogens with one attached hydrogen (secondary N) is 1.